The van der Waals surface area contributed by atoms with Crippen LogP contribution in [0, 0.1) is 0 Å². The van der Waals surface area contributed by atoms with Crippen molar-refractivity contribution in [3.05, 3.63) is 48.3 Å². The summed E-state index contributed by atoms with van der Waals surface area (Å²) in [5.41, 5.74) is 4.51. The second-order valence-corrected chi connectivity index (χ2v) is 7.70. The van der Waals surface area contributed by atoms with E-state index in [2.05, 4.69) is 39.1 Å². The number of piperidine rings is 1. The predicted octanol–water partition coefficient (Wildman–Crippen LogP) is 5.02. The first-order valence-corrected chi connectivity index (χ1v) is 9.94. The van der Waals surface area contributed by atoms with Crippen LogP contribution in [0.15, 0.2) is 42.7 Å². The average Bonchev–Trinajstić information content (AvgIpc) is 3.36. The standard InChI is InChI=1S/C23H25N3O2/c1-28-22-11-17(18-12-24-13-19(18)23(22)27)21-10-16-9-15(5-6-20(16)25-21)14-26-7-3-2-4-8-26/h5-6,9-13,24-25,27H,2-4,7-8,14H2,1H3. The molecule has 1 saturated heterocycles. The fourth-order valence-corrected chi connectivity index (χ4v) is 4.37. The maximum atomic E-state index is 10.4. The minimum atomic E-state index is 0.169. The van der Waals surface area contributed by atoms with Crippen LogP contribution in [0.4, 0.5) is 0 Å². The summed E-state index contributed by atoms with van der Waals surface area (Å²) in [5, 5.41) is 13.3. The van der Waals surface area contributed by atoms with Gasteiger partial charge in [0, 0.05) is 51.9 Å². The molecule has 1 aliphatic heterocycles. The normalized spacial score (nSPS) is 15.5. The third kappa shape index (κ3) is 2.92. The van der Waals surface area contributed by atoms with Crippen LogP contribution in [0.5, 0.6) is 11.5 Å². The van der Waals surface area contributed by atoms with Gasteiger partial charge in [-0.1, -0.05) is 12.5 Å². The van der Waals surface area contributed by atoms with Gasteiger partial charge in [-0.25, -0.2) is 0 Å². The number of H-pyrrole nitrogens is 2. The highest BCUT2D eigenvalue weighted by Gasteiger charge is 2.16. The zero-order valence-corrected chi connectivity index (χ0v) is 16.1. The van der Waals surface area contributed by atoms with E-state index in [0.29, 0.717) is 5.75 Å². The van der Waals surface area contributed by atoms with Crippen molar-refractivity contribution in [3.63, 3.8) is 0 Å². The van der Waals surface area contributed by atoms with E-state index in [1.165, 1.54) is 43.3 Å². The van der Waals surface area contributed by atoms with Crippen molar-refractivity contribution < 1.29 is 9.84 Å². The van der Waals surface area contributed by atoms with E-state index in [1.807, 2.05) is 12.3 Å². The highest BCUT2D eigenvalue weighted by molar-refractivity contribution is 6.02. The van der Waals surface area contributed by atoms with Gasteiger partial charge >= 0.3 is 0 Å². The number of rotatable bonds is 4. The van der Waals surface area contributed by atoms with Gasteiger partial charge in [0.1, 0.15) is 0 Å². The summed E-state index contributed by atoms with van der Waals surface area (Å²) in [7, 11) is 1.58. The maximum absolute atomic E-state index is 10.4. The smallest absolute Gasteiger partial charge is 0.167 e. The molecule has 3 N–H and O–H groups in total. The Hall–Kier alpha value is -2.92. The van der Waals surface area contributed by atoms with Crippen LogP contribution in [0.2, 0.25) is 0 Å². The van der Waals surface area contributed by atoms with Crippen molar-refractivity contribution in [2.45, 2.75) is 25.8 Å². The summed E-state index contributed by atoms with van der Waals surface area (Å²) in [6.45, 7) is 3.43. The molecule has 0 bridgehead atoms. The number of phenolic OH excluding ortho intramolecular Hbond substituents is 1. The summed E-state index contributed by atoms with van der Waals surface area (Å²) in [5.74, 6) is 0.647. The molecule has 0 aliphatic carbocycles. The van der Waals surface area contributed by atoms with E-state index in [9.17, 15) is 5.11 Å². The largest absolute Gasteiger partial charge is 0.504 e. The van der Waals surface area contributed by atoms with Crippen molar-refractivity contribution >= 4 is 21.7 Å². The van der Waals surface area contributed by atoms with E-state index in [1.54, 1.807) is 13.3 Å². The van der Waals surface area contributed by atoms with Crippen molar-refractivity contribution in [2.75, 3.05) is 20.2 Å². The molecule has 0 unspecified atom stereocenters. The second-order valence-electron chi connectivity index (χ2n) is 7.70. The fourth-order valence-electron chi connectivity index (χ4n) is 4.37. The van der Waals surface area contributed by atoms with Crippen LogP contribution < -0.4 is 4.74 Å². The molecule has 5 rings (SSSR count). The lowest BCUT2D eigenvalue weighted by atomic mass is 10.0. The van der Waals surface area contributed by atoms with Crippen LogP contribution in [-0.2, 0) is 6.54 Å². The van der Waals surface area contributed by atoms with E-state index in [-0.39, 0.29) is 5.75 Å². The number of likely N-dealkylation sites (tertiary alicyclic amines) is 1. The summed E-state index contributed by atoms with van der Waals surface area (Å²) in [6, 6.07) is 10.8. The number of nitrogens with one attached hydrogen (secondary N) is 2. The van der Waals surface area contributed by atoms with Gasteiger partial charge in [0.05, 0.1) is 7.11 Å². The Balaban J connectivity index is 1.54. The van der Waals surface area contributed by atoms with Crippen molar-refractivity contribution in [1.29, 1.82) is 0 Å². The number of ether oxygens (including phenoxy) is 1. The van der Waals surface area contributed by atoms with E-state index in [0.717, 1.165) is 34.1 Å². The Morgan fingerprint density at radius 1 is 1.04 bits per heavy atom. The molecule has 5 heteroatoms. The Morgan fingerprint density at radius 3 is 2.68 bits per heavy atom. The topological polar surface area (TPSA) is 64.3 Å². The third-order valence-electron chi connectivity index (χ3n) is 5.85. The van der Waals surface area contributed by atoms with Gasteiger partial charge in [-0.15, -0.1) is 0 Å². The minimum absolute atomic E-state index is 0.169. The molecule has 1 fully saturated rings. The van der Waals surface area contributed by atoms with Crippen LogP contribution in [0.25, 0.3) is 32.9 Å². The monoisotopic (exact) mass is 375 g/mol. The fraction of sp³-hybridized carbons (Fsp3) is 0.304. The number of methoxy groups -OCH3 is 1. The van der Waals surface area contributed by atoms with Gasteiger partial charge < -0.3 is 19.8 Å². The molecule has 0 saturated carbocycles. The highest BCUT2D eigenvalue weighted by atomic mass is 16.5. The zero-order chi connectivity index (χ0) is 19.1. The first-order valence-electron chi connectivity index (χ1n) is 9.94. The van der Waals surface area contributed by atoms with Crippen LogP contribution in [-0.4, -0.2) is 40.2 Å². The first-order chi connectivity index (χ1) is 13.7. The number of benzene rings is 2. The Morgan fingerprint density at radius 2 is 1.86 bits per heavy atom. The molecule has 0 atom stereocenters. The number of phenols is 1. The first kappa shape index (κ1) is 17.2. The molecule has 28 heavy (non-hydrogen) atoms. The van der Waals surface area contributed by atoms with Gasteiger partial charge in [0.15, 0.2) is 11.5 Å². The van der Waals surface area contributed by atoms with Gasteiger partial charge in [0.25, 0.3) is 0 Å². The Labute approximate surface area is 163 Å². The van der Waals surface area contributed by atoms with Crippen molar-refractivity contribution in [1.82, 2.24) is 14.9 Å². The maximum Gasteiger partial charge on any atom is 0.167 e. The molecule has 0 radical (unpaired) electrons. The predicted molar refractivity (Wildman–Crippen MR) is 113 cm³/mol. The van der Waals surface area contributed by atoms with Gasteiger partial charge in [-0.2, -0.15) is 0 Å². The van der Waals surface area contributed by atoms with E-state index < -0.39 is 0 Å². The molecule has 2 aromatic heterocycles. The number of aromatic nitrogens is 2. The lowest BCUT2D eigenvalue weighted by molar-refractivity contribution is 0.221. The van der Waals surface area contributed by atoms with Crippen molar-refractivity contribution in [3.8, 4) is 22.8 Å². The molecule has 0 spiro atoms. The van der Waals surface area contributed by atoms with Gasteiger partial charge in [0.2, 0.25) is 0 Å². The molecule has 3 heterocycles. The average molecular weight is 375 g/mol. The van der Waals surface area contributed by atoms with Crippen LogP contribution >= 0.6 is 0 Å². The quantitative estimate of drug-likeness (QED) is 0.469. The van der Waals surface area contributed by atoms with Crippen LogP contribution in [0.1, 0.15) is 24.8 Å². The van der Waals surface area contributed by atoms with E-state index >= 15 is 0 Å². The van der Waals surface area contributed by atoms with Gasteiger partial charge in [-0.05, 0) is 55.8 Å². The third-order valence-corrected chi connectivity index (χ3v) is 5.85. The lowest BCUT2D eigenvalue weighted by Gasteiger charge is -2.26. The van der Waals surface area contributed by atoms with Gasteiger partial charge in [-0.3, -0.25) is 4.90 Å². The molecular weight excluding hydrogens is 350 g/mol. The SMILES string of the molecule is COc1cc(-c2cc3cc(CN4CCCCC4)ccc3[nH]2)c2c[nH]cc2c1O. The summed E-state index contributed by atoms with van der Waals surface area (Å²) in [4.78, 5) is 9.17. The molecule has 2 aromatic carbocycles. The van der Waals surface area contributed by atoms with Crippen LogP contribution in [0.3, 0.4) is 0 Å². The number of fused-ring (bicyclic) bond motifs is 2. The number of nitrogens with zero attached hydrogens (tertiary/aromatic N) is 1. The highest BCUT2D eigenvalue weighted by Crippen LogP contribution is 2.41. The zero-order valence-electron chi connectivity index (χ0n) is 16.1. The van der Waals surface area contributed by atoms with E-state index in [4.69, 9.17) is 4.74 Å². The summed E-state index contributed by atoms with van der Waals surface area (Å²) < 4.78 is 5.38. The molecule has 144 valence electrons. The molecule has 4 aromatic rings. The Bertz CT molecular complexity index is 1140. The van der Waals surface area contributed by atoms with Crippen molar-refractivity contribution in [2.24, 2.45) is 0 Å². The second kappa shape index (κ2) is 6.91. The number of aromatic hydroxyl groups is 1. The number of hydrogen-bond acceptors (Lipinski definition) is 3. The molecule has 5 nitrogen and oxygen atoms in total. The number of aromatic amines is 2. The molecule has 0 amide bonds. The Kier molecular flexibility index (Phi) is 4.24. The summed E-state index contributed by atoms with van der Waals surface area (Å²) in [6.07, 6.45) is 7.70. The molecule has 1 aliphatic rings. The molecular formula is C23H25N3O2. The number of hydrogen-bond donors (Lipinski definition) is 3. The summed E-state index contributed by atoms with van der Waals surface area (Å²) >= 11 is 0. The lowest BCUT2D eigenvalue weighted by Crippen LogP contribution is -2.28. The minimum Gasteiger partial charge on any atom is -0.504 e.